The molecule has 21 heavy (non-hydrogen) atoms. The Morgan fingerprint density at radius 1 is 1.00 bits per heavy atom. The summed E-state index contributed by atoms with van der Waals surface area (Å²) in [5.74, 6) is 0. The number of aromatic nitrogens is 2. The zero-order chi connectivity index (χ0) is 15.8. The molecular weight excluding hydrogens is 300 g/mol. The second kappa shape index (κ2) is 4.80. The van der Waals surface area contributed by atoms with E-state index in [1.807, 2.05) is 0 Å². The largest absolute Gasteiger partial charge is 0.435 e. The van der Waals surface area contributed by atoms with E-state index < -0.39 is 29.2 Å². The van der Waals surface area contributed by atoms with Gasteiger partial charge in [0.05, 0.1) is 22.9 Å². The lowest BCUT2D eigenvalue weighted by Gasteiger charge is -2.10. The molecule has 1 heterocycles. The van der Waals surface area contributed by atoms with Crippen LogP contribution in [0.25, 0.3) is 5.69 Å². The highest BCUT2D eigenvalue weighted by atomic mass is 19.4. The van der Waals surface area contributed by atoms with Crippen molar-refractivity contribution >= 4 is 0 Å². The van der Waals surface area contributed by atoms with Crippen molar-refractivity contribution < 1.29 is 26.3 Å². The Kier molecular flexibility index (Phi) is 3.41. The van der Waals surface area contributed by atoms with E-state index in [2.05, 4.69) is 5.10 Å². The first-order chi connectivity index (χ1) is 9.63. The minimum atomic E-state index is -4.79. The molecule has 1 aromatic heterocycles. The van der Waals surface area contributed by atoms with E-state index in [1.165, 1.54) is 6.07 Å². The van der Waals surface area contributed by atoms with Crippen LogP contribution in [-0.4, -0.2) is 9.78 Å². The molecule has 110 valence electrons. The van der Waals surface area contributed by atoms with Crippen molar-refractivity contribution in [1.29, 1.82) is 5.26 Å². The second-order valence-electron chi connectivity index (χ2n) is 3.98. The molecule has 0 radical (unpaired) electrons. The average Bonchev–Trinajstić information content (AvgIpc) is 2.86. The Labute approximate surface area is 114 Å². The summed E-state index contributed by atoms with van der Waals surface area (Å²) >= 11 is 0. The van der Waals surface area contributed by atoms with Crippen LogP contribution < -0.4 is 0 Å². The highest BCUT2D eigenvalue weighted by Gasteiger charge is 2.35. The fourth-order valence-electron chi connectivity index (χ4n) is 1.63. The lowest BCUT2D eigenvalue weighted by atomic mass is 10.1. The van der Waals surface area contributed by atoms with Gasteiger partial charge in [0.25, 0.3) is 0 Å². The molecule has 1 aromatic carbocycles. The standard InChI is InChI=1S/C12H5F6N3/c13-11(14,15)9-5-8(2-1-7(9)6-19)21-4-3-10(20-21)12(16,17)18/h1-5H. The molecule has 9 heteroatoms. The van der Waals surface area contributed by atoms with E-state index in [0.29, 0.717) is 16.8 Å². The number of rotatable bonds is 1. The zero-order valence-corrected chi connectivity index (χ0v) is 10.00. The number of benzene rings is 1. The molecule has 0 aliphatic carbocycles. The molecule has 0 saturated carbocycles. The quantitative estimate of drug-likeness (QED) is 0.752. The Bertz CT molecular complexity index is 705. The Morgan fingerprint density at radius 2 is 1.67 bits per heavy atom. The molecule has 0 amide bonds. The summed E-state index contributed by atoms with van der Waals surface area (Å²) in [7, 11) is 0. The molecule has 0 N–H and O–H groups in total. The second-order valence-corrected chi connectivity index (χ2v) is 3.98. The van der Waals surface area contributed by atoms with Gasteiger partial charge in [0, 0.05) is 6.20 Å². The number of nitrogens with zero attached hydrogens (tertiary/aromatic N) is 3. The van der Waals surface area contributed by atoms with Gasteiger partial charge in [-0.15, -0.1) is 0 Å². The van der Waals surface area contributed by atoms with Gasteiger partial charge in [-0.25, -0.2) is 4.68 Å². The molecule has 0 spiro atoms. The van der Waals surface area contributed by atoms with Crippen LogP contribution in [-0.2, 0) is 12.4 Å². The first-order valence-electron chi connectivity index (χ1n) is 5.37. The van der Waals surface area contributed by atoms with Crippen molar-refractivity contribution in [2.24, 2.45) is 0 Å². The number of hydrogen-bond acceptors (Lipinski definition) is 2. The van der Waals surface area contributed by atoms with Gasteiger partial charge in [-0.1, -0.05) is 0 Å². The van der Waals surface area contributed by atoms with E-state index in [4.69, 9.17) is 5.26 Å². The predicted molar refractivity (Wildman–Crippen MR) is 58.3 cm³/mol. The van der Waals surface area contributed by atoms with Gasteiger partial charge in [0.2, 0.25) is 0 Å². The molecule has 0 saturated heterocycles. The minimum Gasteiger partial charge on any atom is -0.240 e. The summed E-state index contributed by atoms with van der Waals surface area (Å²) < 4.78 is 76.2. The fraction of sp³-hybridized carbons (Fsp3) is 0.167. The van der Waals surface area contributed by atoms with Crippen LogP contribution in [0.4, 0.5) is 26.3 Å². The third-order valence-electron chi connectivity index (χ3n) is 2.57. The zero-order valence-electron chi connectivity index (χ0n) is 10.00. The van der Waals surface area contributed by atoms with Gasteiger partial charge in [-0.05, 0) is 24.3 Å². The Morgan fingerprint density at radius 3 is 2.14 bits per heavy atom. The summed E-state index contributed by atoms with van der Waals surface area (Å²) in [6.07, 6.45) is -8.59. The van der Waals surface area contributed by atoms with Gasteiger partial charge in [-0.2, -0.15) is 36.7 Å². The number of halogens is 6. The predicted octanol–water partition coefficient (Wildman–Crippen LogP) is 3.78. The summed E-state index contributed by atoms with van der Waals surface area (Å²) in [6, 6.07) is 4.57. The van der Waals surface area contributed by atoms with Gasteiger partial charge >= 0.3 is 12.4 Å². The molecule has 2 aromatic rings. The van der Waals surface area contributed by atoms with Crippen LogP contribution in [0.1, 0.15) is 16.8 Å². The van der Waals surface area contributed by atoms with Crippen LogP contribution in [0.5, 0.6) is 0 Å². The third-order valence-corrected chi connectivity index (χ3v) is 2.57. The summed E-state index contributed by atoms with van der Waals surface area (Å²) in [4.78, 5) is 0. The van der Waals surface area contributed by atoms with E-state index in [0.717, 1.165) is 18.3 Å². The van der Waals surface area contributed by atoms with Gasteiger partial charge in [-0.3, -0.25) is 0 Å². The highest BCUT2D eigenvalue weighted by molar-refractivity contribution is 5.47. The van der Waals surface area contributed by atoms with Crippen molar-refractivity contribution in [3.05, 3.63) is 47.3 Å². The number of nitriles is 1. The highest BCUT2D eigenvalue weighted by Crippen LogP contribution is 2.33. The van der Waals surface area contributed by atoms with Gasteiger partial charge in [0.1, 0.15) is 0 Å². The Hall–Kier alpha value is -2.50. The van der Waals surface area contributed by atoms with E-state index >= 15 is 0 Å². The molecule has 0 atom stereocenters. The van der Waals surface area contributed by atoms with E-state index in [1.54, 1.807) is 0 Å². The first kappa shape index (κ1) is 14.9. The van der Waals surface area contributed by atoms with Crippen molar-refractivity contribution in [1.82, 2.24) is 9.78 Å². The maximum absolute atomic E-state index is 12.8. The minimum absolute atomic E-state index is 0.225. The molecule has 0 bridgehead atoms. The number of alkyl halides is 6. The van der Waals surface area contributed by atoms with Gasteiger partial charge < -0.3 is 0 Å². The van der Waals surface area contributed by atoms with Crippen molar-refractivity contribution in [3.8, 4) is 11.8 Å². The molecule has 3 nitrogen and oxygen atoms in total. The van der Waals surface area contributed by atoms with Crippen molar-refractivity contribution in [2.45, 2.75) is 12.4 Å². The van der Waals surface area contributed by atoms with Crippen LogP contribution in [0.2, 0.25) is 0 Å². The average molecular weight is 305 g/mol. The number of hydrogen-bond donors (Lipinski definition) is 0. The third kappa shape index (κ3) is 2.99. The lowest BCUT2D eigenvalue weighted by Crippen LogP contribution is -2.10. The van der Waals surface area contributed by atoms with E-state index in [9.17, 15) is 26.3 Å². The Balaban J connectivity index is 2.52. The van der Waals surface area contributed by atoms with E-state index in [-0.39, 0.29) is 5.69 Å². The van der Waals surface area contributed by atoms with Crippen LogP contribution in [0.15, 0.2) is 30.5 Å². The lowest BCUT2D eigenvalue weighted by molar-refractivity contribution is -0.141. The smallest absolute Gasteiger partial charge is 0.240 e. The van der Waals surface area contributed by atoms with Gasteiger partial charge in [0.15, 0.2) is 5.69 Å². The maximum atomic E-state index is 12.8. The molecule has 0 fully saturated rings. The molecule has 0 aliphatic heterocycles. The maximum Gasteiger partial charge on any atom is 0.435 e. The topological polar surface area (TPSA) is 41.6 Å². The van der Waals surface area contributed by atoms with Crippen molar-refractivity contribution in [2.75, 3.05) is 0 Å². The fourth-order valence-corrected chi connectivity index (χ4v) is 1.63. The van der Waals surface area contributed by atoms with Crippen molar-refractivity contribution in [3.63, 3.8) is 0 Å². The van der Waals surface area contributed by atoms with Crippen LogP contribution in [0.3, 0.4) is 0 Å². The van der Waals surface area contributed by atoms with Crippen LogP contribution >= 0.6 is 0 Å². The summed E-state index contributed by atoms with van der Waals surface area (Å²) in [5.41, 5.74) is -3.29. The monoisotopic (exact) mass is 305 g/mol. The van der Waals surface area contributed by atoms with Crippen LogP contribution in [0, 0.1) is 11.3 Å². The molecule has 0 unspecified atom stereocenters. The molecule has 0 aliphatic rings. The SMILES string of the molecule is N#Cc1ccc(-n2ccc(C(F)(F)F)n2)cc1C(F)(F)F. The normalized spacial score (nSPS) is 12.2. The molecule has 2 rings (SSSR count). The summed E-state index contributed by atoms with van der Waals surface area (Å²) in [5, 5.41) is 11.8. The first-order valence-corrected chi connectivity index (χ1v) is 5.37. The molecular formula is C12H5F6N3. The summed E-state index contributed by atoms with van der Waals surface area (Å²) in [6.45, 7) is 0.